The third kappa shape index (κ3) is 7.58. The lowest BCUT2D eigenvalue weighted by atomic mass is 10.3. The van der Waals surface area contributed by atoms with E-state index in [9.17, 15) is 0 Å². The molecular weight excluding hydrogens is 358 g/mol. The zero-order valence-corrected chi connectivity index (χ0v) is 17.0. The number of guanidine groups is 1. The lowest BCUT2D eigenvalue weighted by Crippen LogP contribution is -2.38. The molecule has 0 unspecified atom stereocenters. The van der Waals surface area contributed by atoms with E-state index in [2.05, 4.69) is 20.7 Å². The smallest absolute Gasteiger partial charge is 0.191 e. The van der Waals surface area contributed by atoms with Crippen LogP contribution >= 0.6 is 0 Å². The Hall–Kier alpha value is -2.58. The van der Waals surface area contributed by atoms with Crippen LogP contribution < -0.4 is 15.4 Å². The van der Waals surface area contributed by atoms with E-state index in [4.69, 9.17) is 14.2 Å². The number of benzene rings is 1. The number of aromatic nitrogens is 2. The molecule has 0 aliphatic heterocycles. The molecule has 0 spiro atoms. The van der Waals surface area contributed by atoms with Crippen molar-refractivity contribution < 1.29 is 14.2 Å². The van der Waals surface area contributed by atoms with Crippen LogP contribution in [0.15, 0.2) is 41.5 Å². The van der Waals surface area contributed by atoms with Crippen molar-refractivity contribution in [1.29, 1.82) is 0 Å². The fourth-order valence-corrected chi connectivity index (χ4v) is 2.45. The second-order valence-corrected chi connectivity index (χ2v) is 6.03. The molecule has 8 heteroatoms. The molecule has 1 aromatic carbocycles. The van der Waals surface area contributed by atoms with Crippen LogP contribution in [0.25, 0.3) is 5.69 Å². The summed E-state index contributed by atoms with van der Waals surface area (Å²) in [6, 6.07) is 9.75. The summed E-state index contributed by atoms with van der Waals surface area (Å²) in [6.45, 7) is 6.09. The Kier molecular flexibility index (Phi) is 9.88. The summed E-state index contributed by atoms with van der Waals surface area (Å²) >= 11 is 0. The van der Waals surface area contributed by atoms with Gasteiger partial charge in [0, 0.05) is 33.0 Å². The molecule has 0 saturated heterocycles. The number of ether oxygens (including phenoxy) is 3. The van der Waals surface area contributed by atoms with Crippen LogP contribution in [0.2, 0.25) is 0 Å². The van der Waals surface area contributed by atoms with Gasteiger partial charge in [-0.2, -0.15) is 5.10 Å². The Bertz CT molecular complexity index is 700. The Morgan fingerprint density at radius 2 is 1.89 bits per heavy atom. The van der Waals surface area contributed by atoms with Crippen LogP contribution in [0, 0.1) is 0 Å². The molecule has 0 bridgehead atoms. The van der Waals surface area contributed by atoms with E-state index in [1.807, 2.05) is 48.1 Å². The number of methoxy groups -OCH3 is 2. The third-order valence-corrected chi connectivity index (χ3v) is 3.91. The normalized spacial score (nSPS) is 11.5. The molecule has 0 radical (unpaired) electrons. The molecule has 0 aliphatic rings. The maximum absolute atomic E-state index is 5.46. The number of rotatable bonds is 12. The molecule has 8 nitrogen and oxygen atoms in total. The molecule has 2 rings (SSSR count). The predicted molar refractivity (Wildman–Crippen MR) is 110 cm³/mol. The topological polar surface area (TPSA) is 81.9 Å². The molecule has 2 N–H and O–H groups in total. The molecule has 0 fully saturated rings. The first-order valence-electron chi connectivity index (χ1n) is 9.54. The van der Waals surface area contributed by atoms with E-state index in [0.717, 1.165) is 42.6 Å². The summed E-state index contributed by atoms with van der Waals surface area (Å²) in [5.74, 6) is 1.60. The molecule has 0 atom stereocenters. The predicted octanol–water partition coefficient (Wildman–Crippen LogP) is 1.99. The van der Waals surface area contributed by atoms with Gasteiger partial charge >= 0.3 is 0 Å². The molecule has 0 saturated carbocycles. The van der Waals surface area contributed by atoms with Crippen molar-refractivity contribution in [2.75, 3.05) is 47.1 Å². The van der Waals surface area contributed by atoms with Gasteiger partial charge in [0.25, 0.3) is 0 Å². The van der Waals surface area contributed by atoms with Crippen LogP contribution in [0.1, 0.15) is 19.0 Å². The van der Waals surface area contributed by atoms with Crippen molar-refractivity contribution in [3.8, 4) is 11.4 Å². The maximum Gasteiger partial charge on any atom is 0.191 e. The Morgan fingerprint density at radius 1 is 1.07 bits per heavy atom. The molecule has 28 heavy (non-hydrogen) atoms. The molecule has 0 aliphatic carbocycles. The van der Waals surface area contributed by atoms with Gasteiger partial charge in [0.2, 0.25) is 0 Å². The second kappa shape index (κ2) is 12.7. The molecule has 1 aromatic heterocycles. The lowest BCUT2D eigenvalue weighted by molar-refractivity contribution is 0.0698. The maximum atomic E-state index is 5.46. The van der Waals surface area contributed by atoms with Gasteiger partial charge in [-0.05, 0) is 43.7 Å². The van der Waals surface area contributed by atoms with Crippen molar-refractivity contribution in [3.63, 3.8) is 0 Å². The van der Waals surface area contributed by atoms with Gasteiger partial charge in [-0.15, -0.1) is 0 Å². The standard InChI is InChI=1S/C20H31N5O3/c1-4-21-20(22-11-5-13-28-15-14-26-2)23-16-17-10-12-25(24-17)18-6-8-19(27-3)9-7-18/h6-10,12H,4-5,11,13-16H2,1-3H3,(H2,21,22,23). The van der Waals surface area contributed by atoms with Gasteiger partial charge in [0.15, 0.2) is 5.96 Å². The first-order valence-corrected chi connectivity index (χ1v) is 9.54. The summed E-state index contributed by atoms with van der Waals surface area (Å²) in [5, 5.41) is 11.1. The summed E-state index contributed by atoms with van der Waals surface area (Å²) in [7, 11) is 3.33. The van der Waals surface area contributed by atoms with Gasteiger partial charge in [-0.3, -0.25) is 0 Å². The van der Waals surface area contributed by atoms with Crippen LogP contribution in [0.3, 0.4) is 0 Å². The van der Waals surface area contributed by atoms with Crippen LogP contribution in [-0.4, -0.2) is 62.9 Å². The van der Waals surface area contributed by atoms with Crippen molar-refractivity contribution in [2.45, 2.75) is 19.9 Å². The van der Waals surface area contributed by atoms with E-state index in [-0.39, 0.29) is 0 Å². The van der Waals surface area contributed by atoms with Crippen LogP contribution in [0.5, 0.6) is 5.75 Å². The molecule has 154 valence electrons. The number of nitrogens with zero attached hydrogens (tertiary/aromatic N) is 3. The largest absolute Gasteiger partial charge is 0.497 e. The van der Waals surface area contributed by atoms with Gasteiger partial charge in [-0.1, -0.05) is 0 Å². The molecule has 0 amide bonds. The van der Waals surface area contributed by atoms with Crippen LogP contribution in [-0.2, 0) is 16.0 Å². The highest BCUT2D eigenvalue weighted by Crippen LogP contribution is 2.14. The average molecular weight is 390 g/mol. The number of hydrogen-bond acceptors (Lipinski definition) is 5. The van der Waals surface area contributed by atoms with Gasteiger partial charge in [0.1, 0.15) is 5.75 Å². The SMILES string of the molecule is CCNC(=NCc1ccn(-c2ccc(OC)cc2)n1)NCCCOCCOC. The van der Waals surface area contributed by atoms with Crippen molar-refractivity contribution in [2.24, 2.45) is 4.99 Å². The van der Waals surface area contributed by atoms with Crippen molar-refractivity contribution in [3.05, 3.63) is 42.2 Å². The third-order valence-electron chi connectivity index (χ3n) is 3.91. The first-order chi connectivity index (χ1) is 13.8. The first kappa shape index (κ1) is 21.7. The van der Waals surface area contributed by atoms with E-state index < -0.39 is 0 Å². The van der Waals surface area contributed by atoms with E-state index in [1.54, 1.807) is 14.2 Å². The van der Waals surface area contributed by atoms with E-state index in [0.29, 0.717) is 26.4 Å². The summed E-state index contributed by atoms with van der Waals surface area (Å²) < 4.78 is 17.4. The second-order valence-electron chi connectivity index (χ2n) is 6.03. The minimum Gasteiger partial charge on any atom is -0.497 e. The average Bonchev–Trinajstić information content (AvgIpc) is 3.20. The zero-order chi connectivity index (χ0) is 20.0. The highest BCUT2D eigenvalue weighted by molar-refractivity contribution is 5.79. The van der Waals surface area contributed by atoms with Gasteiger partial charge < -0.3 is 24.8 Å². The quantitative estimate of drug-likeness (QED) is 0.328. The summed E-state index contributed by atoms with van der Waals surface area (Å²) in [4.78, 5) is 4.60. The highest BCUT2D eigenvalue weighted by Gasteiger charge is 2.03. The van der Waals surface area contributed by atoms with Crippen LogP contribution in [0.4, 0.5) is 0 Å². The van der Waals surface area contributed by atoms with E-state index >= 15 is 0 Å². The zero-order valence-electron chi connectivity index (χ0n) is 17.0. The number of hydrogen-bond donors (Lipinski definition) is 2. The molecular formula is C20H31N5O3. The fraction of sp³-hybridized carbons (Fsp3) is 0.500. The van der Waals surface area contributed by atoms with Gasteiger partial charge in [-0.25, -0.2) is 9.67 Å². The van der Waals surface area contributed by atoms with E-state index in [1.165, 1.54) is 0 Å². The summed E-state index contributed by atoms with van der Waals surface area (Å²) in [6.07, 6.45) is 2.84. The van der Waals surface area contributed by atoms with Gasteiger partial charge in [0.05, 0.1) is 38.2 Å². The fourth-order valence-electron chi connectivity index (χ4n) is 2.45. The monoisotopic (exact) mass is 389 g/mol. The van der Waals surface area contributed by atoms with Crippen molar-refractivity contribution >= 4 is 5.96 Å². The van der Waals surface area contributed by atoms with Crippen molar-refractivity contribution in [1.82, 2.24) is 20.4 Å². The molecule has 2 aromatic rings. The number of aliphatic imine (C=N–C) groups is 1. The Morgan fingerprint density at radius 3 is 2.61 bits per heavy atom. The molecule has 1 heterocycles. The lowest BCUT2D eigenvalue weighted by Gasteiger charge is -2.11. The summed E-state index contributed by atoms with van der Waals surface area (Å²) in [5.41, 5.74) is 1.88. The highest BCUT2D eigenvalue weighted by atomic mass is 16.5. The minimum atomic E-state index is 0.503. The Labute approximate surface area is 166 Å². The number of nitrogens with one attached hydrogen (secondary N) is 2. The minimum absolute atomic E-state index is 0.503. The Balaban J connectivity index is 1.82.